The molecule has 0 spiro atoms. The number of fused-ring (bicyclic) bond motifs is 1. The van der Waals surface area contributed by atoms with Gasteiger partial charge in [-0.2, -0.15) is 0 Å². The zero-order chi connectivity index (χ0) is 26.2. The van der Waals surface area contributed by atoms with E-state index in [4.69, 9.17) is 9.47 Å². The molecule has 1 aliphatic heterocycles. The van der Waals surface area contributed by atoms with E-state index in [0.29, 0.717) is 44.2 Å². The van der Waals surface area contributed by atoms with Crippen molar-refractivity contribution < 1.29 is 28.2 Å². The van der Waals surface area contributed by atoms with E-state index in [2.05, 4.69) is 4.90 Å². The first-order valence-electron chi connectivity index (χ1n) is 12.0. The van der Waals surface area contributed by atoms with Crippen LogP contribution in [0.15, 0.2) is 66.7 Å². The van der Waals surface area contributed by atoms with Crippen LogP contribution in [0.2, 0.25) is 0 Å². The number of nitrogens with zero attached hydrogens (tertiary/aromatic N) is 1. The predicted octanol–water partition coefficient (Wildman–Crippen LogP) is 4.11. The third-order valence-corrected chi connectivity index (χ3v) is 7.83. The second-order valence-corrected chi connectivity index (χ2v) is 10.8. The second kappa shape index (κ2) is 10.2. The molecule has 37 heavy (non-hydrogen) atoms. The molecule has 0 bridgehead atoms. The van der Waals surface area contributed by atoms with Crippen LogP contribution in [0, 0.1) is 5.82 Å². The molecule has 0 unspecified atom stereocenters. The number of phenols is 1. The monoisotopic (exact) mass is 519 g/mol. The number of benzene rings is 3. The van der Waals surface area contributed by atoms with Crippen molar-refractivity contribution >= 4 is 42.9 Å². The van der Waals surface area contributed by atoms with E-state index in [0.717, 1.165) is 13.1 Å². The van der Waals surface area contributed by atoms with Gasteiger partial charge in [0.25, 0.3) is 0 Å². The molecule has 0 aliphatic carbocycles. The minimum absolute atomic E-state index is 0.0408. The third kappa shape index (κ3) is 5.36. The van der Waals surface area contributed by atoms with E-state index in [1.807, 2.05) is 27.8 Å². The Hall–Kier alpha value is -3.36. The molecule has 3 aromatic carbocycles. The lowest BCUT2D eigenvalue weighted by atomic mass is 9.58. The first kappa shape index (κ1) is 25.3. The number of likely N-dealkylation sites (tertiary alicyclic amines) is 1. The SMILES string of the molecule is BC(B)(CCF)N1CC(Oc2ccc(Oc3c(C(=O)c4ccc(F)cc4)sc4cc(O)ccc34)cc2)C1. The van der Waals surface area contributed by atoms with E-state index in [9.17, 15) is 18.7 Å². The van der Waals surface area contributed by atoms with Gasteiger partial charge >= 0.3 is 0 Å². The number of aromatic hydroxyl groups is 1. The lowest BCUT2D eigenvalue weighted by molar-refractivity contribution is -0.00398. The third-order valence-electron chi connectivity index (χ3n) is 6.70. The molecule has 5 rings (SSSR count). The number of hydrogen-bond acceptors (Lipinski definition) is 6. The zero-order valence-electron chi connectivity index (χ0n) is 20.5. The summed E-state index contributed by atoms with van der Waals surface area (Å²) < 4.78 is 39.1. The van der Waals surface area contributed by atoms with Gasteiger partial charge in [-0.05, 0) is 78.5 Å². The molecule has 188 valence electrons. The second-order valence-electron chi connectivity index (χ2n) is 9.75. The fraction of sp³-hybridized carbons (Fsp3) is 0.222. The Bertz CT molecular complexity index is 1420. The molecule has 4 aromatic rings. The molecular weight excluding hydrogens is 494 g/mol. The molecular formula is C27H25B2F2NO4S. The van der Waals surface area contributed by atoms with Crippen LogP contribution in [0.1, 0.15) is 21.7 Å². The highest BCUT2D eigenvalue weighted by molar-refractivity contribution is 7.21. The summed E-state index contributed by atoms with van der Waals surface area (Å²) in [5, 5.41) is 10.4. The normalized spacial score (nSPS) is 14.4. The molecule has 1 aliphatic rings. The average molecular weight is 519 g/mol. The highest BCUT2D eigenvalue weighted by Crippen LogP contribution is 2.43. The number of carbonyl (C=O) groups is 1. The largest absolute Gasteiger partial charge is 0.508 e. The highest BCUT2D eigenvalue weighted by atomic mass is 32.1. The Balaban J connectivity index is 1.33. The molecule has 0 amide bonds. The van der Waals surface area contributed by atoms with Gasteiger partial charge in [0.05, 0.1) is 6.67 Å². The van der Waals surface area contributed by atoms with Gasteiger partial charge in [-0.1, -0.05) is 0 Å². The first-order valence-corrected chi connectivity index (χ1v) is 12.9. The maximum Gasteiger partial charge on any atom is 0.206 e. The summed E-state index contributed by atoms with van der Waals surface area (Å²) in [6.45, 7) is 1.15. The lowest BCUT2D eigenvalue weighted by Crippen LogP contribution is -2.64. The summed E-state index contributed by atoms with van der Waals surface area (Å²) in [6, 6.07) is 17.4. The van der Waals surface area contributed by atoms with Crippen molar-refractivity contribution in [2.45, 2.75) is 17.9 Å². The number of carbonyl (C=O) groups excluding carboxylic acids is 1. The van der Waals surface area contributed by atoms with Gasteiger partial charge in [0.1, 0.15) is 49.7 Å². The zero-order valence-corrected chi connectivity index (χ0v) is 21.4. The van der Waals surface area contributed by atoms with Crippen molar-refractivity contribution in [1.82, 2.24) is 4.90 Å². The Morgan fingerprint density at radius 3 is 2.41 bits per heavy atom. The summed E-state index contributed by atoms with van der Waals surface area (Å²) >= 11 is 1.21. The van der Waals surface area contributed by atoms with Gasteiger partial charge in [-0.3, -0.25) is 9.18 Å². The minimum atomic E-state index is -0.422. The lowest BCUT2D eigenvalue weighted by Gasteiger charge is -2.49. The van der Waals surface area contributed by atoms with E-state index in [1.54, 1.807) is 30.3 Å². The number of rotatable bonds is 9. The Labute approximate surface area is 219 Å². The number of hydrogen-bond donors (Lipinski definition) is 1. The van der Waals surface area contributed by atoms with Crippen LogP contribution >= 0.6 is 11.3 Å². The maximum absolute atomic E-state index is 13.4. The van der Waals surface area contributed by atoms with Crippen molar-refractivity contribution in [3.05, 3.63) is 83.0 Å². The van der Waals surface area contributed by atoms with Crippen LogP contribution in [0.4, 0.5) is 8.78 Å². The van der Waals surface area contributed by atoms with E-state index < -0.39 is 5.82 Å². The quantitative estimate of drug-likeness (QED) is 0.267. The Morgan fingerprint density at radius 1 is 1.05 bits per heavy atom. The number of halogens is 2. The highest BCUT2D eigenvalue weighted by Gasteiger charge is 2.38. The molecule has 1 aromatic heterocycles. The predicted molar refractivity (Wildman–Crippen MR) is 146 cm³/mol. The van der Waals surface area contributed by atoms with E-state index >= 15 is 0 Å². The smallest absolute Gasteiger partial charge is 0.206 e. The standard InChI is InChI=1S/C27H25B2F2NO4S/c28-27(29,11-12-30)32-14-21(15-32)35-19-6-8-20(9-7-19)36-25-22-10-5-18(33)13-23(22)37-26(25)24(34)16-1-3-17(31)4-2-16/h1-10,13,21,33H,11-12,14-15,28-29H2. The van der Waals surface area contributed by atoms with Crippen LogP contribution in [-0.2, 0) is 0 Å². The molecule has 1 N–H and O–H groups in total. The Kier molecular flexibility index (Phi) is 6.96. The van der Waals surface area contributed by atoms with Gasteiger partial charge in [0.15, 0.2) is 5.75 Å². The summed E-state index contributed by atoms with van der Waals surface area (Å²) in [4.78, 5) is 15.9. The average Bonchev–Trinajstić information content (AvgIpc) is 3.19. The number of thiophene rings is 1. The fourth-order valence-electron chi connectivity index (χ4n) is 4.34. The van der Waals surface area contributed by atoms with Crippen LogP contribution < -0.4 is 9.47 Å². The van der Waals surface area contributed by atoms with E-state index in [-0.39, 0.29) is 29.6 Å². The van der Waals surface area contributed by atoms with E-state index in [1.165, 1.54) is 35.6 Å². The maximum atomic E-state index is 13.4. The summed E-state index contributed by atoms with van der Waals surface area (Å²) in [7, 11) is 4.08. The molecule has 0 atom stereocenters. The molecule has 2 heterocycles. The minimum Gasteiger partial charge on any atom is -0.508 e. The molecule has 10 heteroatoms. The van der Waals surface area contributed by atoms with Crippen LogP contribution in [0.25, 0.3) is 10.1 Å². The Morgan fingerprint density at radius 2 is 1.73 bits per heavy atom. The van der Waals surface area contributed by atoms with Crippen LogP contribution in [-0.4, -0.2) is 62.7 Å². The van der Waals surface area contributed by atoms with Crippen LogP contribution in [0.3, 0.4) is 0 Å². The van der Waals surface area contributed by atoms with Crippen molar-refractivity contribution in [2.24, 2.45) is 0 Å². The molecule has 5 nitrogen and oxygen atoms in total. The summed E-state index contributed by atoms with van der Waals surface area (Å²) in [6.07, 6.45) is 0.535. The molecule has 0 radical (unpaired) electrons. The number of alkyl halides is 1. The topological polar surface area (TPSA) is 59.0 Å². The van der Waals surface area contributed by atoms with Gasteiger partial charge in [-0.25, -0.2) is 4.39 Å². The number of phenolic OH excluding ortho intramolecular Hbond substituents is 1. The first-order chi connectivity index (χ1) is 17.7. The molecule has 1 saturated heterocycles. The fourth-order valence-corrected chi connectivity index (χ4v) is 5.46. The van der Waals surface area contributed by atoms with Gasteiger partial charge in [-0.15, -0.1) is 11.3 Å². The molecule has 0 saturated carbocycles. The summed E-state index contributed by atoms with van der Waals surface area (Å²) in [5.74, 6) is 0.976. The van der Waals surface area contributed by atoms with Crippen molar-refractivity contribution in [2.75, 3.05) is 19.8 Å². The van der Waals surface area contributed by atoms with Gasteiger partial charge in [0, 0.05) is 28.7 Å². The number of ether oxygens (including phenoxy) is 2. The van der Waals surface area contributed by atoms with Gasteiger partial charge in [0.2, 0.25) is 5.78 Å². The van der Waals surface area contributed by atoms with Crippen molar-refractivity contribution in [3.63, 3.8) is 0 Å². The van der Waals surface area contributed by atoms with Crippen LogP contribution in [0.5, 0.6) is 23.0 Å². The molecule has 1 fully saturated rings. The summed E-state index contributed by atoms with van der Waals surface area (Å²) in [5.41, 5.74) is 0.343. The van der Waals surface area contributed by atoms with Crippen molar-refractivity contribution in [1.29, 1.82) is 0 Å². The number of ketones is 1. The van der Waals surface area contributed by atoms with Crippen molar-refractivity contribution in [3.8, 4) is 23.0 Å². The van der Waals surface area contributed by atoms with Gasteiger partial charge < -0.3 is 19.5 Å².